The normalized spacial score (nSPS) is 17.9. The first-order valence-electron chi connectivity index (χ1n) is 13.8. The summed E-state index contributed by atoms with van der Waals surface area (Å²) in [6.45, 7) is 25.1. The highest BCUT2D eigenvalue weighted by Gasteiger charge is 2.51. The lowest BCUT2D eigenvalue weighted by Gasteiger charge is -2.37. The van der Waals surface area contributed by atoms with Crippen molar-refractivity contribution in [2.24, 2.45) is 0 Å². The second-order valence-electron chi connectivity index (χ2n) is 12.9. The number of ether oxygens (including phenoxy) is 2. The van der Waals surface area contributed by atoms with Crippen LogP contribution in [0.15, 0.2) is 30.6 Å². The van der Waals surface area contributed by atoms with Gasteiger partial charge in [-0.15, -0.1) is 0 Å². The van der Waals surface area contributed by atoms with E-state index >= 15 is 0 Å². The number of rotatable bonds is 10. The van der Waals surface area contributed by atoms with Crippen LogP contribution in [0, 0.1) is 6.92 Å². The van der Waals surface area contributed by atoms with Crippen molar-refractivity contribution in [3.8, 4) is 22.6 Å². The lowest BCUT2D eigenvalue weighted by molar-refractivity contribution is 0.00578. The zero-order chi connectivity index (χ0) is 28.5. The van der Waals surface area contributed by atoms with E-state index in [4.69, 9.17) is 23.2 Å². The summed E-state index contributed by atoms with van der Waals surface area (Å²) < 4.78 is 31.0. The van der Waals surface area contributed by atoms with Gasteiger partial charge in [-0.3, -0.25) is 4.98 Å². The predicted octanol–water partition coefficient (Wildman–Crippen LogP) is 7.66. The van der Waals surface area contributed by atoms with E-state index in [1.165, 1.54) is 5.56 Å². The Hall–Kier alpha value is -1.87. The molecule has 1 aromatic carbocycles. The maximum atomic E-state index is 6.77. The van der Waals surface area contributed by atoms with Gasteiger partial charge < -0.3 is 23.2 Å². The number of hydrogen-bond donors (Lipinski definition) is 0. The summed E-state index contributed by atoms with van der Waals surface area (Å²) in [6, 6.07) is 6.05. The lowest BCUT2D eigenvalue weighted by Crippen LogP contribution is -2.42. The number of aromatic nitrogens is 1. The van der Waals surface area contributed by atoms with Crippen molar-refractivity contribution in [3.63, 3.8) is 0 Å². The van der Waals surface area contributed by atoms with Gasteiger partial charge in [-0.2, -0.15) is 0 Å². The van der Waals surface area contributed by atoms with Gasteiger partial charge in [0, 0.05) is 30.5 Å². The van der Waals surface area contributed by atoms with E-state index in [-0.39, 0.29) is 29.3 Å². The smallest absolute Gasteiger partial charge is 0.458 e. The van der Waals surface area contributed by atoms with Crippen molar-refractivity contribution in [1.82, 2.24) is 4.98 Å². The second-order valence-corrected chi connectivity index (χ2v) is 17.7. The van der Waals surface area contributed by atoms with Gasteiger partial charge in [0.2, 0.25) is 0 Å². The average Bonchev–Trinajstić information content (AvgIpc) is 3.02. The molecule has 210 valence electrons. The molecule has 1 aromatic heterocycles. The Labute approximate surface area is 232 Å². The average molecular weight is 542 g/mol. The van der Waals surface area contributed by atoms with E-state index in [2.05, 4.69) is 79.5 Å². The van der Waals surface area contributed by atoms with Crippen LogP contribution in [0.1, 0.15) is 72.4 Å². The van der Waals surface area contributed by atoms with E-state index in [0.29, 0.717) is 19.5 Å². The topological polar surface area (TPSA) is 59.0 Å². The first kappa shape index (κ1) is 30.7. The Morgan fingerprint density at radius 3 is 2.21 bits per heavy atom. The minimum Gasteiger partial charge on any atom is -0.493 e. The molecule has 6 nitrogen and oxygen atoms in total. The molecule has 0 bridgehead atoms. The van der Waals surface area contributed by atoms with E-state index in [1.807, 2.05) is 31.5 Å². The van der Waals surface area contributed by atoms with Crippen LogP contribution in [-0.2, 0) is 13.7 Å². The van der Waals surface area contributed by atoms with Crippen molar-refractivity contribution in [2.75, 3.05) is 20.3 Å². The summed E-state index contributed by atoms with van der Waals surface area (Å²) in [5.74, 6) is 1.52. The lowest BCUT2D eigenvalue weighted by atomic mass is 9.74. The highest BCUT2D eigenvalue weighted by atomic mass is 28.4. The molecule has 0 saturated carbocycles. The van der Waals surface area contributed by atoms with Crippen molar-refractivity contribution in [3.05, 3.63) is 41.7 Å². The second kappa shape index (κ2) is 11.3. The summed E-state index contributed by atoms with van der Waals surface area (Å²) in [7, 11) is -0.625. The minimum atomic E-state index is -1.97. The zero-order valence-corrected chi connectivity index (χ0v) is 26.7. The maximum Gasteiger partial charge on any atom is 0.458 e. The highest BCUT2D eigenvalue weighted by Crippen LogP contribution is 2.43. The van der Waals surface area contributed by atoms with E-state index in [9.17, 15) is 0 Å². The molecule has 8 heteroatoms. The van der Waals surface area contributed by atoms with Gasteiger partial charge in [-0.05, 0) is 94.8 Å². The molecule has 0 spiro atoms. The van der Waals surface area contributed by atoms with Crippen LogP contribution in [0.5, 0.6) is 11.5 Å². The van der Waals surface area contributed by atoms with Crippen LogP contribution in [0.2, 0.25) is 24.5 Å². The molecule has 1 unspecified atom stereocenters. The molecule has 1 aliphatic rings. The molecule has 2 aromatic rings. The molecule has 1 atom stereocenters. The summed E-state index contributed by atoms with van der Waals surface area (Å²) in [5.41, 5.74) is 3.68. The van der Waals surface area contributed by atoms with Crippen molar-refractivity contribution >= 4 is 15.4 Å². The van der Waals surface area contributed by atoms with Gasteiger partial charge in [0.1, 0.15) is 0 Å². The standard InChI is InChI=1S/C30H48BNO5Si/c1-13-34-27-16-22(14-15-26(27)33-10)24-18-32-19-25(21(24)2)23(20-35-38(11,12)28(3,4)5)17-31-36-29(6,7)30(8,9)37-31/h14-16,18-19,23H,13,17,20H2,1-12H3. The fraction of sp³-hybridized carbons (Fsp3) is 0.633. The summed E-state index contributed by atoms with van der Waals surface area (Å²) >= 11 is 0. The molecule has 2 heterocycles. The highest BCUT2D eigenvalue weighted by molar-refractivity contribution is 6.74. The number of nitrogens with zero attached hydrogens (tertiary/aromatic N) is 1. The Balaban J connectivity index is 2.00. The fourth-order valence-electron chi connectivity index (χ4n) is 4.46. The first-order chi connectivity index (χ1) is 17.5. The maximum absolute atomic E-state index is 6.77. The summed E-state index contributed by atoms with van der Waals surface area (Å²) in [6.07, 6.45) is 4.61. The SMILES string of the molecule is CCOc1cc(-c2cncc(C(CO[Si](C)(C)C(C)(C)C)CB3OC(C)(C)C(C)(C)O3)c2C)ccc1OC. The molecule has 38 heavy (non-hydrogen) atoms. The van der Waals surface area contributed by atoms with Gasteiger partial charge in [0.05, 0.1) is 24.9 Å². The van der Waals surface area contributed by atoms with E-state index < -0.39 is 8.32 Å². The molecule has 1 aliphatic heterocycles. The first-order valence-corrected chi connectivity index (χ1v) is 16.7. The number of hydrogen-bond acceptors (Lipinski definition) is 6. The minimum absolute atomic E-state index is 0.0656. The third-order valence-electron chi connectivity index (χ3n) is 8.70. The van der Waals surface area contributed by atoms with Crippen molar-refractivity contribution in [1.29, 1.82) is 0 Å². The summed E-state index contributed by atoms with van der Waals surface area (Å²) in [5, 5.41) is 0.121. The zero-order valence-electron chi connectivity index (χ0n) is 25.7. The number of benzene rings is 1. The quantitative estimate of drug-likeness (QED) is 0.288. The van der Waals surface area contributed by atoms with E-state index in [0.717, 1.165) is 28.2 Å². The molecule has 0 N–H and O–H groups in total. The monoisotopic (exact) mass is 541 g/mol. The van der Waals surface area contributed by atoms with Crippen LogP contribution in [0.3, 0.4) is 0 Å². The Morgan fingerprint density at radius 1 is 1.03 bits per heavy atom. The Morgan fingerprint density at radius 2 is 1.66 bits per heavy atom. The molecule has 1 fully saturated rings. The largest absolute Gasteiger partial charge is 0.493 e. The van der Waals surface area contributed by atoms with Crippen LogP contribution in [-0.4, -0.2) is 51.9 Å². The summed E-state index contributed by atoms with van der Waals surface area (Å²) in [4.78, 5) is 4.69. The molecular weight excluding hydrogens is 493 g/mol. The van der Waals surface area contributed by atoms with Crippen molar-refractivity contribution in [2.45, 2.75) is 104 Å². The predicted molar refractivity (Wildman–Crippen MR) is 159 cm³/mol. The number of methoxy groups -OCH3 is 1. The van der Waals surface area contributed by atoms with Gasteiger partial charge >= 0.3 is 7.12 Å². The van der Waals surface area contributed by atoms with Crippen LogP contribution in [0.25, 0.3) is 11.1 Å². The van der Waals surface area contributed by atoms with Crippen LogP contribution < -0.4 is 9.47 Å². The Bertz CT molecular complexity index is 1100. The van der Waals surface area contributed by atoms with Gasteiger partial charge in [0.15, 0.2) is 19.8 Å². The molecular formula is C30H48BNO5Si. The van der Waals surface area contributed by atoms with Crippen LogP contribution >= 0.6 is 0 Å². The molecule has 0 radical (unpaired) electrons. The molecule has 0 amide bonds. The van der Waals surface area contributed by atoms with Gasteiger partial charge in [-0.25, -0.2) is 0 Å². The third kappa shape index (κ3) is 6.46. The molecule has 3 rings (SSSR count). The molecule has 1 saturated heterocycles. The van der Waals surface area contributed by atoms with Crippen LogP contribution in [0.4, 0.5) is 0 Å². The third-order valence-corrected chi connectivity index (χ3v) is 13.2. The fourth-order valence-corrected chi connectivity index (χ4v) is 5.51. The molecule has 0 aliphatic carbocycles. The van der Waals surface area contributed by atoms with Gasteiger partial charge in [-0.1, -0.05) is 26.8 Å². The Kier molecular flexibility index (Phi) is 9.14. The van der Waals surface area contributed by atoms with Gasteiger partial charge in [0.25, 0.3) is 0 Å². The van der Waals surface area contributed by atoms with E-state index in [1.54, 1.807) is 7.11 Å². The number of pyridine rings is 1. The van der Waals surface area contributed by atoms with Crippen molar-refractivity contribution < 1.29 is 23.2 Å².